The molecule has 8 heteroatoms. The Morgan fingerprint density at radius 3 is 2.64 bits per heavy atom. The van der Waals surface area contributed by atoms with Gasteiger partial charge in [0, 0.05) is 10.6 Å². The predicted molar refractivity (Wildman–Crippen MR) is 95.7 cm³/mol. The normalized spacial score (nSPS) is 10.4. The van der Waals surface area contributed by atoms with E-state index in [1.54, 1.807) is 38.5 Å². The molecule has 0 aliphatic heterocycles. The smallest absolute Gasteiger partial charge is 0.173 e. The third-order valence-corrected chi connectivity index (χ3v) is 4.58. The van der Waals surface area contributed by atoms with E-state index in [4.69, 9.17) is 21.1 Å². The molecule has 0 spiro atoms. The molecular formula is C17H15BrClN2O3S-. The van der Waals surface area contributed by atoms with Gasteiger partial charge in [-0.15, -0.1) is 0 Å². The van der Waals surface area contributed by atoms with Crippen LogP contribution < -0.4 is 26.5 Å². The summed E-state index contributed by atoms with van der Waals surface area (Å²) in [7, 11) is 3.10. The number of nitrogens with one attached hydrogen (secondary N) is 1. The van der Waals surface area contributed by atoms with Crippen LogP contribution in [0.4, 0.5) is 0 Å². The molecule has 25 heavy (non-hydrogen) atoms. The summed E-state index contributed by atoms with van der Waals surface area (Å²) in [4.78, 5) is 20.0. The maximum absolute atomic E-state index is 12.4. The lowest BCUT2D eigenvalue weighted by Crippen LogP contribution is -3.00. The summed E-state index contributed by atoms with van der Waals surface area (Å²) in [5.41, 5.74) is 2.24. The summed E-state index contributed by atoms with van der Waals surface area (Å²) < 4.78 is 10.4. The van der Waals surface area contributed by atoms with Crippen LogP contribution in [0.15, 0.2) is 41.6 Å². The first-order valence-electron chi connectivity index (χ1n) is 7.14. The van der Waals surface area contributed by atoms with Gasteiger partial charge in [0.15, 0.2) is 22.4 Å². The number of aromatic amines is 1. The van der Waals surface area contributed by atoms with Crippen molar-refractivity contribution in [2.75, 3.05) is 20.0 Å². The fourth-order valence-corrected chi connectivity index (χ4v) is 3.21. The molecule has 3 rings (SSSR count). The maximum Gasteiger partial charge on any atom is 0.173 e. The summed E-state index contributed by atoms with van der Waals surface area (Å²) in [5.74, 6) is 1.38. The van der Waals surface area contributed by atoms with E-state index in [-0.39, 0.29) is 28.5 Å². The minimum atomic E-state index is -0.0144. The Bertz CT molecular complexity index is 901. The number of aromatic nitrogens is 2. The molecule has 0 bridgehead atoms. The van der Waals surface area contributed by atoms with E-state index in [9.17, 15) is 4.79 Å². The van der Waals surface area contributed by atoms with E-state index in [1.807, 2.05) is 12.1 Å². The fraction of sp³-hybridized carbons (Fsp3) is 0.176. The van der Waals surface area contributed by atoms with Crippen molar-refractivity contribution >= 4 is 40.2 Å². The minimum absolute atomic E-state index is 0. The molecule has 0 radical (unpaired) electrons. The molecule has 5 nitrogen and oxygen atoms in total. The molecule has 2 aromatic carbocycles. The standard InChI is InChI=1S/C17H15ClN2O3S.BrH/c1-22-15-6-3-10(7-16(15)23-2)14(21)9-24-17-19-12-5-4-11(18)8-13(12)20-17;/h3-8H,9H2,1-2H3,(H,19,20);1H/p-1. The van der Waals surface area contributed by atoms with Gasteiger partial charge >= 0.3 is 0 Å². The van der Waals surface area contributed by atoms with E-state index in [1.165, 1.54) is 11.8 Å². The predicted octanol–water partition coefficient (Wildman–Crippen LogP) is 1.21. The average Bonchev–Trinajstić information content (AvgIpc) is 3.00. The Morgan fingerprint density at radius 2 is 1.92 bits per heavy atom. The number of Topliss-reactive ketones (excluding diaryl/α,β-unsaturated/α-hetero) is 1. The van der Waals surface area contributed by atoms with Crippen LogP contribution in [0.2, 0.25) is 5.02 Å². The number of H-pyrrole nitrogens is 1. The first-order chi connectivity index (χ1) is 11.6. The quantitative estimate of drug-likeness (QED) is 0.459. The molecule has 0 aliphatic rings. The summed E-state index contributed by atoms with van der Waals surface area (Å²) in [5, 5.41) is 1.32. The van der Waals surface area contributed by atoms with Crippen molar-refractivity contribution in [3.63, 3.8) is 0 Å². The maximum atomic E-state index is 12.4. The van der Waals surface area contributed by atoms with Gasteiger partial charge in [-0.2, -0.15) is 0 Å². The van der Waals surface area contributed by atoms with Crippen LogP contribution in [-0.2, 0) is 0 Å². The van der Waals surface area contributed by atoms with Crippen molar-refractivity contribution in [3.05, 3.63) is 47.0 Å². The molecule has 0 aliphatic carbocycles. The van der Waals surface area contributed by atoms with E-state index < -0.39 is 0 Å². The van der Waals surface area contributed by atoms with Crippen molar-refractivity contribution in [1.29, 1.82) is 0 Å². The van der Waals surface area contributed by atoms with Crippen molar-refractivity contribution in [2.24, 2.45) is 0 Å². The second-order valence-electron chi connectivity index (χ2n) is 4.99. The summed E-state index contributed by atoms with van der Waals surface area (Å²) in [6.07, 6.45) is 0. The number of rotatable bonds is 6. The molecule has 0 amide bonds. The van der Waals surface area contributed by atoms with Gasteiger partial charge in [0.2, 0.25) is 0 Å². The molecule has 1 N–H and O–H groups in total. The molecule has 132 valence electrons. The third-order valence-electron chi connectivity index (χ3n) is 3.47. The number of thioether (sulfide) groups is 1. The SMILES string of the molecule is COc1ccc(C(=O)CSc2nc3ccc(Cl)cc3[nH]2)cc1OC.[Br-]. The Hall–Kier alpha value is -1.70. The number of nitrogens with zero attached hydrogens (tertiary/aromatic N) is 1. The van der Waals surface area contributed by atoms with Crippen LogP contribution >= 0.6 is 23.4 Å². The third kappa shape index (κ3) is 4.48. The largest absolute Gasteiger partial charge is 1.00 e. The molecule has 0 saturated heterocycles. The van der Waals surface area contributed by atoms with E-state index in [0.717, 1.165) is 11.0 Å². The number of carbonyl (C=O) groups is 1. The number of hydrogen-bond donors (Lipinski definition) is 1. The van der Waals surface area contributed by atoms with Gasteiger partial charge in [0.25, 0.3) is 0 Å². The van der Waals surface area contributed by atoms with Crippen molar-refractivity contribution in [2.45, 2.75) is 5.16 Å². The number of imidazole rings is 1. The van der Waals surface area contributed by atoms with E-state index in [2.05, 4.69) is 9.97 Å². The second kappa shape index (κ2) is 8.60. The number of carbonyl (C=O) groups excluding carboxylic acids is 1. The first kappa shape index (κ1) is 19.6. The molecule has 0 saturated carbocycles. The summed E-state index contributed by atoms with van der Waals surface area (Å²) >= 11 is 7.30. The number of hydrogen-bond acceptors (Lipinski definition) is 5. The van der Waals surface area contributed by atoms with Crippen LogP contribution in [0, 0.1) is 0 Å². The van der Waals surface area contributed by atoms with Crippen LogP contribution in [-0.4, -0.2) is 35.7 Å². The van der Waals surface area contributed by atoms with Gasteiger partial charge in [0.05, 0.1) is 31.0 Å². The molecule has 0 unspecified atom stereocenters. The summed E-state index contributed by atoms with van der Waals surface area (Å²) in [6, 6.07) is 10.6. The highest BCUT2D eigenvalue weighted by Gasteiger charge is 2.12. The lowest BCUT2D eigenvalue weighted by atomic mass is 10.1. The monoisotopic (exact) mass is 441 g/mol. The molecular weight excluding hydrogens is 428 g/mol. The number of benzene rings is 2. The highest BCUT2D eigenvalue weighted by molar-refractivity contribution is 7.99. The summed E-state index contributed by atoms with van der Waals surface area (Å²) in [6.45, 7) is 0. The van der Waals surface area contributed by atoms with Crippen molar-refractivity contribution < 1.29 is 31.2 Å². The first-order valence-corrected chi connectivity index (χ1v) is 8.50. The molecule has 1 heterocycles. The topological polar surface area (TPSA) is 64.2 Å². The van der Waals surface area contributed by atoms with Crippen LogP contribution in [0.25, 0.3) is 11.0 Å². The Morgan fingerprint density at radius 1 is 1.16 bits per heavy atom. The minimum Gasteiger partial charge on any atom is -1.00 e. The van der Waals surface area contributed by atoms with Crippen molar-refractivity contribution in [3.8, 4) is 11.5 Å². The number of fused-ring (bicyclic) bond motifs is 1. The number of halogens is 2. The second-order valence-corrected chi connectivity index (χ2v) is 6.39. The van der Waals surface area contributed by atoms with E-state index >= 15 is 0 Å². The molecule has 1 aromatic heterocycles. The fourth-order valence-electron chi connectivity index (χ4n) is 2.25. The highest BCUT2D eigenvalue weighted by Crippen LogP contribution is 2.29. The zero-order chi connectivity index (χ0) is 17.1. The molecule has 0 fully saturated rings. The van der Waals surface area contributed by atoms with E-state index in [0.29, 0.717) is 27.2 Å². The van der Waals surface area contributed by atoms with Crippen LogP contribution in [0.3, 0.4) is 0 Å². The van der Waals surface area contributed by atoms with Crippen LogP contribution in [0.1, 0.15) is 10.4 Å². The Balaban J connectivity index is 0.00000225. The average molecular weight is 443 g/mol. The zero-order valence-corrected chi connectivity index (χ0v) is 16.7. The van der Waals surface area contributed by atoms with Gasteiger partial charge in [-0.05, 0) is 36.4 Å². The molecule has 3 aromatic rings. The number of ketones is 1. The van der Waals surface area contributed by atoms with Gasteiger partial charge in [0.1, 0.15) is 0 Å². The van der Waals surface area contributed by atoms with Gasteiger partial charge in [-0.1, -0.05) is 23.4 Å². The highest BCUT2D eigenvalue weighted by atomic mass is 79.9. The lowest BCUT2D eigenvalue weighted by molar-refractivity contribution is -0.0000130. The van der Waals surface area contributed by atoms with Gasteiger partial charge in [-0.25, -0.2) is 4.98 Å². The zero-order valence-electron chi connectivity index (χ0n) is 13.5. The van der Waals surface area contributed by atoms with Crippen molar-refractivity contribution in [1.82, 2.24) is 9.97 Å². The lowest BCUT2D eigenvalue weighted by Gasteiger charge is -2.08. The number of ether oxygens (including phenoxy) is 2. The van der Waals surface area contributed by atoms with Gasteiger partial charge < -0.3 is 31.4 Å². The van der Waals surface area contributed by atoms with Gasteiger partial charge in [-0.3, -0.25) is 4.79 Å². The number of methoxy groups -OCH3 is 2. The Labute approximate surface area is 164 Å². The van der Waals surface area contributed by atoms with Crippen LogP contribution in [0.5, 0.6) is 11.5 Å². The Kier molecular flexibility index (Phi) is 6.75. The molecule has 0 atom stereocenters.